The standard InChI is InChI=1S/C7H10N6/c8-12-10-6-2-4-1-5(6)3-7(4)11-13-9/h4-7H,1-3H2. The fourth-order valence-corrected chi connectivity index (χ4v) is 2.63. The lowest BCUT2D eigenvalue weighted by atomic mass is 9.92. The van der Waals surface area contributed by atoms with Gasteiger partial charge in [0.1, 0.15) is 0 Å². The molecule has 4 atom stereocenters. The molecule has 4 unspecified atom stereocenters. The van der Waals surface area contributed by atoms with Gasteiger partial charge in [-0.3, -0.25) is 0 Å². The summed E-state index contributed by atoms with van der Waals surface area (Å²) in [5, 5.41) is 7.49. The molecule has 0 aromatic heterocycles. The lowest BCUT2D eigenvalue weighted by molar-refractivity contribution is 0.374. The molecule has 0 spiro atoms. The van der Waals surface area contributed by atoms with E-state index in [1.165, 1.54) is 0 Å². The monoisotopic (exact) mass is 178 g/mol. The van der Waals surface area contributed by atoms with E-state index in [1.54, 1.807) is 0 Å². The van der Waals surface area contributed by atoms with Gasteiger partial charge >= 0.3 is 0 Å². The molecule has 0 aliphatic heterocycles. The Morgan fingerprint density at radius 2 is 1.31 bits per heavy atom. The molecule has 2 rings (SSSR count). The van der Waals surface area contributed by atoms with Crippen molar-refractivity contribution >= 4 is 0 Å². The first kappa shape index (κ1) is 8.23. The second kappa shape index (κ2) is 3.17. The molecule has 13 heavy (non-hydrogen) atoms. The highest BCUT2D eigenvalue weighted by Crippen LogP contribution is 2.47. The van der Waals surface area contributed by atoms with E-state index in [0.29, 0.717) is 11.8 Å². The highest BCUT2D eigenvalue weighted by Gasteiger charge is 2.44. The van der Waals surface area contributed by atoms with E-state index in [4.69, 9.17) is 11.1 Å². The predicted octanol–water partition coefficient (Wildman–Crippen LogP) is 2.77. The summed E-state index contributed by atoms with van der Waals surface area (Å²) in [6, 6.07) is 0.306. The van der Waals surface area contributed by atoms with E-state index in [9.17, 15) is 0 Å². The van der Waals surface area contributed by atoms with Crippen LogP contribution >= 0.6 is 0 Å². The molecule has 0 amide bonds. The second-order valence-electron chi connectivity index (χ2n) is 3.77. The normalized spacial score (nSPS) is 40.9. The van der Waals surface area contributed by atoms with Crippen LogP contribution in [-0.2, 0) is 0 Å². The highest BCUT2D eigenvalue weighted by molar-refractivity contribution is 5.01. The number of fused-ring (bicyclic) bond motifs is 2. The molecule has 6 nitrogen and oxygen atoms in total. The molecule has 0 heterocycles. The molecule has 2 aliphatic carbocycles. The van der Waals surface area contributed by atoms with Crippen LogP contribution < -0.4 is 0 Å². The second-order valence-corrected chi connectivity index (χ2v) is 3.77. The third-order valence-corrected chi connectivity index (χ3v) is 3.18. The van der Waals surface area contributed by atoms with Crippen LogP contribution in [0.25, 0.3) is 20.9 Å². The summed E-state index contributed by atoms with van der Waals surface area (Å²) in [6.45, 7) is 0. The maximum Gasteiger partial charge on any atom is 0.0405 e. The molecule has 6 heteroatoms. The van der Waals surface area contributed by atoms with Gasteiger partial charge in [-0.05, 0) is 42.2 Å². The lowest BCUT2D eigenvalue weighted by Gasteiger charge is -2.21. The van der Waals surface area contributed by atoms with Crippen molar-refractivity contribution < 1.29 is 0 Å². The van der Waals surface area contributed by atoms with Gasteiger partial charge in [0.2, 0.25) is 0 Å². The fourth-order valence-electron chi connectivity index (χ4n) is 2.63. The van der Waals surface area contributed by atoms with Gasteiger partial charge in [0.15, 0.2) is 0 Å². The number of hydrogen-bond donors (Lipinski definition) is 0. The molecule has 68 valence electrons. The molecule has 0 radical (unpaired) electrons. The smallest absolute Gasteiger partial charge is 0.0405 e. The minimum atomic E-state index is 0.153. The minimum Gasteiger partial charge on any atom is -0.0903 e. The lowest BCUT2D eigenvalue weighted by Crippen LogP contribution is -2.22. The van der Waals surface area contributed by atoms with Crippen LogP contribution in [0.3, 0.4) is 0 Å². The summed E-state index contributed by atoms with van der Waals surface area (Å²) in [5.41, 5.74) is 16.6. The molecule has 2 saturated carbocycles. The van der Waals surface area contributed by atoms with E-state index in [0.717, 1.165) is 19.3 Å². The first-order valence-electron chi connectivity index (χ1n) is 4.43. The average molecular weight is 178 g/mol. The first-order valence-corrected chi connectivity index (χ1v) is 4.43. The average Bonchev–Trinajstić information content (AvgIpc) is 2.65. The molecular formula is C7H10N6. The topological polar surface area (TPSA) is 97.5 Å². The van der Waals surface area contributed by atoms with Crippen molar-refractivity contribution in [2.45, 2.75) is 31.3 Å². The Hall–Kier alpha value is -1.38. The van der Waals surface area contributed by atoms with Crippen LogP contribution in [0.4, 0.5) is 0 Å². The van der Waals surface area contributed by atoms with Crippen molar-refractivity contribution in [2.24, 2.45) is 22.1 Å². The molecular weight excluding hydrogens is 168 g/mol. The third kappa shape index (κ3) is 1.30. The van der Waals surface area contributed by atoms with Gasteiger partial charge in [-0.25, -0.2) is 0 Å². The van der Waals surface area contributed by atoms with E-state index in [2.05, 4.69) is 20.1 Å². The molecule has 2 bridgehead atoms. The SMILES string of the molecule is [N-]=[N+]=NC1CC2CC1CC2N=[N+]=[N-]. The molecule has 0 aromatic rings. The zero-order chi connectivity index (χ0) is 9.26. The summed E-state index contributed by atoms with van der Waals surface area (Å²) in [7, 11) is 0. The summed E-state index contributed by atoms with van der Waals surface area (Å²) < 4.78 is 0. The Morgan fingerprint density at radius 3 is 1.62 bits per heavy atom. The van der Waals surface area contributed by atoms with Crippen LogP contribution in [0.15, 0.2) is 10.2 Å². The van der Waals surface area contributed by atoms with Crippen LogP contribution in [-0.4, -0.2) is 12.1 Å². The van der Waals surface area contributed by atoms with E-state index in [-0.39, 0.29) is 12.1 Å². The quantitative estimate of drug-likeness (QED) is 0.353. The maximum absolute atomic E-state index is 8.30. The number of hydrogen-bond acceptors (Lipinski definition) is 2. The van der Waals surface area contributed by atoms with Crippen molar-refractivity contribution in [3.05, 3.63) is 20.9 Å². The highest BCUT2D eigenvalue weighted by atomic mass is 15.2. The molecule has 0 N–H and O–H groups in total. The zero-order valence-corrected chi connectivity index (χ0v) is 7.11. The predicted molar refractivity (Wildman–Crippen MR) is 46.7 cm³/mol. The summed E-state index contributed by atoms with van der Waals surface area (Å²) >= 11 is 0. The number of rotatable bonds is 2. The van der Waals surface area contributed by atoms with Gasteiger partial charge in [-0.15, -0.1) is 0 Å². The zero-order valence-electron chi connectivity index (χ0n) is 7.11. The van der Waals surface area contributed by atoms with Gasteiger partial charge in [-0.1, -0.05) is 10.2 Å². The summed E-state index contributed by atoms with van der Waals surface area (Å²) in [5.74, 6) is 0.910. The van der Waals surface area contributed by atoms with Crippen molar-refractivity contribution in [3.8, 4) is 0 Å². The summed E-state index contributed by atoms with van der Waals surface area (Å²) in [6.07, 6.45) is 2.87. The van der Waals surface area contributed by atoms with Crippen LogP contribution in [0, 0.1) is 11.8 Å². The van der Waals surface area contributed by atoms with Gasteiger partial charge in [0.05, 0.1) is 0 Å². The molecule has 2 fully saturated rings. The largest absolute Gasteiger partial charge is 0.0903 e. The van der Waals surface area contributed by atoms with E-state index < -0.39 is 0 Å². The van der Waals surface area contributed by atoms with Gasteiger partial charge in [0, 0.05) is 21.9 Å². The van der Waals surface area contributed by atoms with Gasteiger partial charge < -0.3 is 0 Å². The van der Waals surface area contributed by atoms with Crippen molar-refractivity contribution in [3.63, 3.8) is 0 Å². The van der Waals surface area contributed by atoms with Crippen molar-refractivity contribution in [1.29, 1.82) is 0 Å². The molecule has 2 aliphatic rings. The van der Waals surface area contributed by atoms with Crippen LogP contribution in [0.5, 0.6) is 0 Å². The molecule has 0 aromatic carbocycles. The van der Waals surface area contributed by atoms with Crippen molar-refractivity contribution in [1.82, 2.24) is 0 Å². The maximum atomic E-state index is 8.30. The van der Waals surface area contributed by atoms with Crippen LogP contribution in [0.2, 0.25) is 0 Å². The Balaban J connectivity index is 2.06. The summed E-state index contributed by atoms with van der Waals surface area (Å²) in [4.78, 5) is 5.66. The van der Waals surface area contributed by atoms with E-state index >= 15 is 0 Å². The molecule has 0 saturated heterocycles. The first-order chi connectivity index (χ1) is 6.35. The fraction of sp³-hybridized carbons (Fsp3) is 1.00. The Labute approximate surface area is 75.2 Å². The number of azide groups is 2. The van der Waals surface area contributed by atoms with Gasteiger partial charge in [-0.2, -0.15) is 0 Å². The van der Waals surface area contributed by atoms with Crippen LogP contribution in [0.1, 0.15) is 19.3 Å². The van der Waals surface area contributed by atoms with E-state index in [1.807, 2.05) is 0 Å². The Morgan fingerprint density at radius 1 is 0.846 bits per heavy atom. The Kier molecular flexibility index (Phi) is 2.00. The Bertz CT molecular complexity index is 270. The van der Waals surface area contributed by atoms with Crippen molar-refractivity contribution in [2.75, 3.05) is 0 Å². The minimum absolute atomic E-state index is 0.153. The van der Waals surface area contributed by atoms with Gasteiger partial charge in [0.25, 0.3) is 0 Å². The third-order valence-electron chi connectivity index (χ3n) is 3.18. The number of nitrogens with zero attached hydrogens (tertiary/aromatic N) is 6.